The zero-order valence-electron chi connectivity index (χ0n) is 23.6. The molecule has 1 unspecified atom stereocenters. The van der Waals surface area contributed by atoms with E-state index in [1.165, 1.54) is 6.20 Å². The highest BCUT2D eigenvalue weighted by atomic mass is 18.2. The Morgan fingerprint density at radius 3 is 1.92 bits per heavy atom. The highest BCUT2D eigenvalue weighted by Gasteiger charge is 2.32. The minimum Gasteiger partial charge on any atom is -0.489 e. The number of aromatic nitrogens is 1. The van der Waals surface area contributed by atoms with Crippen LogP contribution in [0.25, 0.3) is 0 Å². The van der Waals surface area contributed by atoms with Crippen LogP contribution in [0.2, 0.25) is 0 Å². The Balaban J connectivity index is 3.08. The molecule has 2 atom stereocenters. The van der Waals surface area contributed by atoms with Crippen molar-refractivity contribution in [3.63, 3.8) is 0 Å². The predicted molar refractivity (Wildman–Crippen MR) is 137 cm³/mol. The zero-order valence-corrected chi connectivity index (χ0v) is 23.6. The average molecular weight is 526 g/mol. The number of amides is 1. The molecule has 0 fully saturated rings. The molecule has 210 valence electrons. The fourth-order valence-corrected chi connectivity index (χ4v) is 3.15. The van der Waals surface area contributed by atoms with Crippen LogP contribution in [0.1, 0.15) is 80.8 Å². The number of nitrogens with zero attached hydrogens (tertiary/aromatic N) is 1. The molecule has 1 rings (SSSR count). The van der Waals surface area contributed by atoms with Crippen LogP contribution < -0.4 is 10.1 Å². The van der Waals surface area contributed by atoms with Crippen LogP contribution in [-0.2, 0) is 30.2 Å². The van der Waals surface area contributed by atoms with Gasteiger partial charge in [-0.25, -0.2) is 14.0 Å². The summed E-state index contributed by atoms with van der Waals surface area (Å²) in [5.41, 5.74) is -1.65. The summed E-state index contributed by atoms with van der Waals surface area (Å²) in [5, 5.41) is 2.58. The third-order valence-electron chi connectivity index (χ3n) is 4.53. The first-order chi connectivity index (χ1) is 16.9. The SMILES string of the molecule is CC(C)(C)OC(=O)N[C@@H](CCC(Cc1ccc(OCC[18F])cn1)C(=O)OC(C)(C)C)C(=O)OC(C)(C)C. The number of carbonyl (C=O) groups excluding carboxylic acids is 3. The second-order valence-corrected chi connectivity index (χ2v) is 11.8. The van der Waals surface area contributed by atoms with E-state index in [-0.39, 0.29) is 25.9 Å². The van der Waals surface area contributed by atoms with Gasteiger partial charge in [0, 0.05) is 12.1 Å². The Hall–Kier alpha value is -2.91. The number of hydrogen-bond acceptors (Lipinski definition) is 8. The first-order valence-electron chi connectivity index (χ1n) is 12.5. The van der Waals surface area contributed by atoms with Crippen LogP contribution in [0, 0.1) is 5.92 Å². The maximum absolute atomic E-state index is 13.0. The summed E-state index contributed by atoms with van der Waals surface area (Å²) in [6, 6.07) is 2.30. The van der Waals surface area contributed by atoms with Gasteiger partial charge in [0.1, 0.15) is 41.9 Å². The van der Waals surface area contributed by atoms with Crippen molar-refractivity contribution in [3.8, 4) is 5.75 Å². The number of hydrogen-bond donors (Lipinski definition) is 1. The van der Waals surface area contributed by atoms with Crippen LogP contribution in [0.5, 0.6) is 5.75 Å². The number of carbonyl (C=O) groups is 3. The topological polar surface area (TPSA) is 113 Å². The van der Waals surface area contributed by atoms with Gasteiger partial charge in [-0.05, 0) is 87.3 Å². The number of nitrogens with one attached hydrogen (secondary N) is 1. The van der Waals surface area contributed by atoms with Gasteiger partial charge in [-0.3, -0.25) is 9.78 Å². The van der Waals surface area contributed by atoms with Gasteiger partial charge in [0.2, 0.25) is 0 Å². The quantitative estimate of drug-likeness (QED) is 0.319. The van der Waals surface area contributed by atoms with Gasteiger partial charge in [-0.15, -0.1) is 0 Å². The molecule has 0 bridgehead atoms. The number of halogens is 1. The number of alkyl carbamates (subject to hydrolysis) is 1. The van der Waals surface area contributed by atoms with Crippen molar-refractivity contribution < 1.29 is 37.7 Å². The van der Waals surface area contributed by atoms with E-state index < -0.39 is 53.5 Å². The molecular formula is C27H43FN2O7. The summed E-state index contributed by atoms with van der Waals surface area (Å²) in [7, 11) is 0. The molecular weight excluding hydrogens is 482 g/mol. The molecule has 1 aromatic rings. The van der Waals surface area contributed by atoms with Gasteiger partial charge >= 0.3 is 18.0 Å². The number of esters is 2. The number of alkyl halides is 1. The van der Waals surface area contributed by atoms with Gasteiger partial charge in [-0.2, -0.15) is 0 Å². The normalized spacial score (nSPS) is 13.8. The molecule has 37 heavy (non-hydrogen) atoms. The lowest BCUT2D eigenvalue weighted by atomic mass is 9.94. The fourth-order valence-electron chi connectivity index (χ4n) is 3.15. The van der Waals surface area contributed by atoms with E-state index in [9.17, 15) is 18.8 Å². The smallest absolute Gasteiger partial charge is 0.408 e. The first kappa shape index (κ1) is 32.1. The van der Waals surface area contributed by atoms with E-state index in [0.29, 0.717) is 11.4 Å². The van der Waals surface area contributed by atoms with Crippen LogP contribution >= 0.6 is 0 Å². The van der Waals surface area contributed by atoms with Crippen molar-refractivity contribution in [1.82, 2.24) is 10.3 Å². The maximum Gasteiger partial charge on any atom is 0.408 e. The van der Waals surface area contributed by atoms with E-state index in [0.717, 1.165) is 0 Å². The molecule has 0 saturated carbocycles. The lowest BCUT2D eigenvalue weighted by Crippen LogP contribution is -2.46. The highest BCUT2D eigenvalue weighted by molar-refractivity contribution is 5.82. The van der Waals surface area contributed by atoms with Crippen molar-refractivity contribution in [3.05, 3.63) is 24.0 Å². The number of rotatable bonds is 11. The van der Waals surface area contributed by atoms with E-state index in [1.807, 2.05) is 0 Å². The molecule has 0 spiro atoms. The standard InChI is InChI=1S/C27H43FN2O7/c1-25(2,3)35-22(31)18(16-19-11-12-20(17-29-19)34-15-14-28)10-13-21(23(32)36-26(4,5)6)30-24(33)37-27(7,8)9/h11-12,17-18,21H,10,13-16H2,1-9H3,(H,30,33)/t18?,21-/m0/s1/i28-1. The second-order valence-electron chi connectivity index (χ2n) is 11.8. The van der Waals surface area contributed by atoms with Crippen molar-refractivity contribution in [2.24, 2.45) is 5.92 Å². The highest BCUT2D eigenvalue weighted by Crippen LogP contribution is 2.22. The third-order valence-corrected chi connectivity index (χ3v) is 4.53. The van der Waals surface area contributed by atoms with Crippen LogP contribution in [0.3, 0.4) is 0 Å². The monoisotopic (exact) mass is 525 g/mol. The van der Waals surface area contributed by atoms with Gasteiger partial charge in [0.15, 0.2) is 0 Å². The largest absolute Gasteiger partial charge is 0.489 e. The summed E-state index contributed by atoms with van der Waals surface area (Å²) in [6.07, 6.45) is 1.24. The molecule has 0 aliphatic rings. The van der Waals surface area contributed by atoms with Crippen molar-refractivity contribution >= 4 is 18.0 Å². The molecule has 0 aromatic carbocycles. The predicted octanol–water partition coefficient (Wildman–Crippen LogP) is 4.95. The summed E-state index contributed by atoms with van der Waals surface area (Å²) in [4.78, 5) is 42.7. The Kier molecular flexibility index (Phi) is 11.8. The molecule has 0 saturated heterocycles. The molecule has 1 N–H and O–H groups in total. The van der Waals surface area contributed by atoms with E-state index in [4.69, 9.17) is 18.9 Å². The molecule has 1 amide bonds. The molecule has 0 aliphatic heterocycles. The minimum absolute atomic E-state index is 0.0712. The molecule has 1 heterocycles. The minimum atomic E-state index is -1.04. The van der Waals surface area contributed by atoms with Crippen LogP contribution in [-0.4, -0.2) is 59.1 Å². The first-order valence-corrected chi connectivity index (χ1v) is 12.5. The number of pyridine rings is 1. The van der Waals surface area contributed by atoms with E-state index in [1.54, 1.807) is 74.4 Å². The molecule has 9 nitrogen and oxygen atoms in total. The van der Waals surface area contributed by atoms with E-state index >= 15 is 0 Å². The second kappa shape index (κ2) is 13.6. The summed E-state index contributed by atoms with van der Waals surface area (Å²) in [5.74, 6) is -1.32. The summed E-state index contributed by atoms with van der Waals surface area (Å²) < 4.78 is 34.0. The lowest BCUT2D eigenvalue weighted by molar-refractivity contribution is -0.162. The van der Waals surface area contributed by atoms with Crippen molar-refractivity contribution in [2.75, 3.05) is 13.3 Å². The fraction of sp³-hybridized carbons (Fsp3) is 0.704. The van der Waals surface area contributed by atoms with Crippen molar-refractivity contribution in [1.29, 1.82) is 0 Å². The summed E-state index contributed by atoms with van der Waals surface area (Å²) in [6.45, 7) is 15.0. The third kappa shape index (κ3) is 14.4. The van der Waals surface area contributed by atoms with Gasteiger partial charge in [0.05, 0.1) is 12.1 Å². The lowest BCUT2D eigenvalue weighted by Gasteiger charge is -2.28. The van der Waals surface area contributed by atoms with Gasteiger partial charge in [-0.1, -0.05) is 0 Å². The van der Waals surface area contributed by atoms with Crippen LogP contribution in [0.15, 0.2) is 18.3 Å². The Morgan fingerprint density at radius 1 is 0.865 bits per heavy atom. The Bertz CT molecular complexity index is 884. The Morgan fingerprint density at radius 2 is 1.43 bits per heavy atom. The zero-order chi connectivity index (χ0) is 28.4. The van der Waals surface area contributed by atoms with Gasteiger partial charge in [0.25, 0.3) is 0 Å². The Labute approximate surface area is 219 Å². The molecule has 0 aliphatic carbocycles. The number of ether oxygens (including phenoxy) is 4. The average Bonchev–Trinajstić information content (AvgIpc) is 2.71. The molecule has 0 radical (unpaired) electrons. The molecule has 1 aromatic heterocycles. The van der Waals surface area contributed by atoms with Crippen molar-refractivity contribution in [2.45, 2.75) is 104 Å². The van der Waals surface area contributed by atoms with Gasteiger partial charge < -0.3 is 24.3 Å². The summed E-state index contributed by atoms with van der Waals surface area (Å²) >= 11 is 0. The van der Waals surface area contributed by atoms with Crippen LogP contribution in [0.4, 0.5) is 9.18 Å². The van der Waals surface area contributed by atoms with E-state index in [2.05, 4.69) is 10.3 Å². The molecule has 10 heteroatoms. The maximum atomic E-state index is 13.0.